The molecule has 5 heteroatoms. The minimum atomic E-state index is -0.801. The highest BCUT2D eigenvalue weighted by atomic mass is 16.3. The van der Waals surface area contributed by atoms with Crippen molar-refractivity contribution in [1.29, 1.82) is 0 Å². The number of rotatable bonds is 4. The van der Waals surface area contributed by atoms with Crippen molar-refractivity contribution in [1.82, 2.24) is 9.78 Å². The molecular formula is C8H13N3O2. The highest BCUT2D eigenvalue weighted by molar-refractivity contribution is 5.68. The molecule has 0 aliphatic rings. The van der Waals surface area contributed by atoms with Crippen LogP contribution in [0.2, 0.25) is 0 Å². The van der Waals surface area contributed by atoms with Gasteiger partial charge in [-0.05, 0) is 13.8 Å². The number of carbonyl (C=O) groups is 1. The number of nitrogens with one attached hydrogen (secondary N) is 1. The van der Waals surface area contributed by atoms with Gasteiger partial charge in [-0.2, -0.15) is 5.10 Å². The van der Waals surface area contributed by atoms with Gasteiger partial charge >= 0.3 is 0 Å². The van der Waals surface area contributed by atoms with E-state index >= 15 is 0 Å². The molecular weight excluding hydrogens is 170 g/mol. The molecule has 0 unspecified atom stereocenters. The number of nitrogens with zero attached hydrogens (tertiary/aromatic N) is 2. The van der Waals surface area contributed by atoms with E-state index < -0.39 is 5.60 Å². The van der Waals surface area contributed by atoms with E-state index in [1.165, 1.54) is 0 Å². The third-order valence-electron chi connectivity index (χ3n) is 1.40. The summed E-state index contributed by atoms with van der Waals surface area (Å²) in [5, 5.41) is 15.9. The highest BCUT2D eigenvalue weighted by Crippen LogP contribution is 2.07. The summed E-state index contributed by atoms with van der Waals surface area (Å²) in [5.74, 6) is 0.485. The zero-order valence-corrected chi connectivity index (χ0v) is 7.69. The van der Waals surface area contributed by atoms with E-state index in [1.54, 1.807) is 30.8 Å². The Kier molecular flexibility index (Phi) is 2.67. The molecule has 13 heavy (non-hydrogen) atoms. The lowest BCUT2D eigenvalue weighted by atomic mass is 10.1. The Morgan fingerprint density at radius 3 is 3.00 bits per heavy atom. The van der Waals surface area contributed by atoms with Gasteiger partial charge in [0, 0.05) is 12.3 Å². The summed E-state index contributed by atoms with van der Waals surface area (Å²) in [6.07, 6.45) is 2.26. The standard InChI is InChI=1S/C8H13N3O2/c1-8(2,13)5-11-4-3-7(10-11)9-6-12/h3-4,6,13H,5H2,1-2H3,(H,9,10,12). The van der Waals surface area contributed by atoms with E-state index in [-0.39, 0.29) is 0 Å². The third kappa shape index (κ3) is 3.25. The fraction of sp³-hybridized carbons (Fsp3) is 0.500. The molecule has 0 aromatic carbocycles. The molecule has 0 saturated heterocycles. The highest BCUT2D eigenvalue weighted by Gasteiger charge is 2.13. The first-order valence-electron chi connectivity index (χ1n) is 3.97. The van der Waals surface area contributed by atoms with Crippen molar-refractivity contribution in [3.05, 3.63) is 12.3 Å². The zero-order chi connectivity index (χ0) is 9.90. The molecule has 1 aromatic rings. The summed E-state index contributed by atoms with van der Waals surface area (Å²) in [6, 6.07) is 1.67. The Bertz CT molecular complexity index is 288. The smallest absolute Gasteiger partial charge is 0.212 e. The van der Waals surface area contributed by atoms with E-state index in [2.05, 4.69) is 10.4 Å². The molecule has 2 N–H and O–H groups in total. The van der Waals surface area contributed by atoms with Crippen LogP contribution in [0.25, 0.3) is 0 Å². The van der Waals surface area contributed by atoms with Crippen LogP contribution in [-0.2, 0) is 11.3 Å². The Morgan fingerprint density at radius 2 is 2.46 bits per heavy atom. The van der Waals surface area contributed by atoms with Gasteiger partial charge in [-0.1, -0.05) is 0 Å². The van der Waals surface area contributed by atoms with Crippen molar-refractivity contribution >= 4 is 12.2 Å². The normalized spacial score (nSPS) is 11.3. The van der Waals surface area contributed by atoms with Crippen LogP contribution in [0.4, 0.5) is 5.82 Å². The van der Waals surface area contributed by atoms with Gasteiger partial charge in [0.1, 0.15) is 0 Å². The van der Waals surface area contributed by atoms with Gasteiger partial charge < -0.3 is 10.4 Å². The summed E-state index contributed by atoms with van der Waals surface area (Å²) in [4.78, 5) is 10.1. The Labute approximate surface area is 76.4 Å². The maximum atomic E-state index is 10.1. The molecule has 0 radical (unpaired) electrons. The average Bonchev–Trinajstić information content (AvgIpc) is 2.33. The van der Waals surface area contributed by atoms with Crippen LogP contribution in [0.3, 0.4) is 0 Å². The second-order valence-electron chi connectivity index (χ2n) is 3.47. The molecule has 0 aliphatic heterocycles. The third-order valence-corrected chi connectivity index (χ3v) is 1.40. The van der Waals surface area contributed by atoms with Gasteiger partial charge in [0.05, 0.1) is 12.1 Å². The number of anilines is 1. The first-order valence-corrected chi connectivity index (χ1v) is 3.97. The monoisotopic (exact) mass is 183 g/mol. The second kappa shape index (κ2) is 3.57. The van der Waals surface area contributed by atoms with E-state index in [0.717, 1.165) is 0 Å². The SMILES string of the molecule is CC(C)(O)Cn1ccc(NC=O)n1. The number of amides is 1. The lowest BCUT2D eigenvalue weighted by Crippen LogP contribution is -2.26. The fourth-order valence-electron chi connectivity index (χ4n) is 0.984. The molecule has 0 bridgehead atoms. The first kappa shape index (κ1) is 9.73. The van der Waals surface area contributed by atoms with E-state index in [1.807, 2.05) is 0 Å². The molecule has 0 fully saturated rings. The summed E-state index contributed by atoms with van der Waals surface area (Å²) in [6.45, 7) is 3.79. The molecule has 1 aromatic heterocycles. The van der Waals surface area contributed by atoms with Crippen LogP contribution in [-0.4, -0.2) is 26.9 Å². The minimum Gasteiger partial charge on any atom is -0.389 e. The summed E-state index contributed by atoms with van der Waals surface area (Å²) in [5.41, 5.74) is -0.801. The van der Waals surface area contributed by atoms with E-state index in [4.69, 9.17) is 0 Å². The topological polar surface area (TPSA) is 67.2 Å². The lowest BCUT2D eigenvalue weighted by molar-refractivity contribution is -0.105. The molecule has 72 valence electrons. The van der Waals surface area contributed by atoms with Crippen LogP contribution < -0.4 is 5.32 Å². The number of aromatic nitrogens is 2. The van der Waals surface area contributed by atoms with Crippen LogP contribution >= 0.6 is 0 Å². The largest absolute Gasteiger partial charge is 0.389 e. The summed E-state index contributed by atoms with van der Waals surface area (Å²) >= 11 is 0. The summed E-state index contributed by atoms with van der Waals surface area (Å²) in [7, 11) is 0. The number of carbonyl (C=O) groups excluding carboxylic acids is 1. The quantitative estimate of drug-likeness (QED) is 0.656. The Hall–Kier alpha value is -1.36. The van der Waals surface area contributed by atoms with E-state index in [9.17, 15) is 9.90 Å². The zero-order valence-electron chi connectivity index (χ0n) is 7.69. The average molecular weight is 183 g/mol. The molecule has 0 spiro atoms. The van der Waals surface area contributed by atoms with Gasteiger partial charge in [-0.3, -0.25) is 9.48 Å². The number of aliphatic hydroxyl groups is 1. The number of hydrogen-bond donors (Lipinski definition) is 2. The van der Waals surface area contributed by atoms with Crippen molar-refractivity contribution in [2.24, 2.45) is 0 Å². The summed E-state index contributed by atoms with van der Waals surface area (Å²) < 4.78 is 1.58. The van der Waals surface area contributed by atoms with Gasteiger partial charge in [0.15, 0.2) is 5.82 Å². The molecule has 0 atom stereocenters. The minimum absolute atomic E-state index is 0.396. The Balaban J connectivity index is 2.63. The fourth-order valence-corrected chi connectivity index (χ4v) is 0.984. The molecule has 1 heterocycles. The molecule has 1 rings (SSSR count). The molecule has 1 amide bonds. The predicted octanol–water partition coefficient (Wildman–Crippen LogP) is 0.222. The molecule has 5 nitrogen and oxygen atoms in total. The lowest BCUT2D eigenvalue weighted by Gasteiger charge is -2.16. The van der Waals surface area contributed by atoms with Gasteiger partial charge in [-0.15, -0.1) is 0 Å². The van der Waals surface area contributed by atoms with Crippen LogP contribution in [0.15, 0.2) is 12.3 Å². The van der Waals surface area contributed by atoms with Crippen molar-refractivity contribution < 1.29 is 9.90 Å². The van der Waals surface area contributed by atoms with Crippen molar-refractivity contribution in [3.8, 4) is 0 Å². The second-order valence-corrected chi connectivity index (χ2v) is 3.47. The van der Waals surface area contributed by atoms with Crippen LogP contribution in [0.5, 0.6) is 0 Å². The number of hydrogen-bond acceptors (Lipinski definition) is 3. The maximum absolute atomic E-state index is 10.1. The van der Waals surface area contributed by atoms with Gasteiger partial charge in [0.25, 0.3) is 0 Å². The predicted molar refractivity (Wildman–Crippen MR) is 48.2 cm³/mol. The van der Waals surface area contributed by atoms with Crippen molar-refractivity contribution in [3.63, 3.8) is 0 Å². The van der Waals surface area contributed by atoms with Gasteiger partial charge in [0.2, 0.25) is 6.41 Å². The van der Waals surface area contributed by atoms with Crippen molar-refractivity contribution in [2.45, 2.75) is 26.0 Å². The van der Waals surface area contributed by atoms with Crippen molar-refractivity contribution in [2.75, 3.05) is 5.32 Å². The first-order chi connectivity index (χ1) is 6.01. The molecule has 0 aliphatic carbocycles. The van der Waals surface area contributed by atoms with E-state index in [0.29, 0.717) is 18.8 Å². The van der Waals surface area contributed by atoms with Crippen LogP contribution in [0.1, 0.15) is 13.8 Å². The Morgan fingerprint density at radius 1 is 1.77 bits per heavy atom. The van der Waals surface area contributed by atoms with Gasteiger partial charge in [-0.25, -0.2) is 0 Å². The molecule has 0 saturated carbocycles. The maximum Gasteiger partial charge on any atom is 0.212 e. The van der Waals surface area contributed by atoms with Crippen LogP contribution in [0, 0.1) is 0 Å².